The molecule has 0 saturated carbocycles. The number of alkyl halides is 3. The van der Waals surface area contributed by atoms with Crippen molar-refractivity contribution in [3.05, 3.63) is 29.8 Å². The van der Waals surface area contributed by atoms with Gasteiger partial charge in [-0.05, 0) is 19.4 Å². The Balaban J connectivity index is 2.37. The van der Waals surface area contributed by atoms with E-state index in [1.807, 2.05) is 0 Å². The highest BCUT2D eigenvalue weighted by Crippen LogP contribution is 2.41. The first-order valence-corrected chi connectivity index (χ1v) is 6.48. The van der Waals surface area contributed by atoms with Crippen LogP contribution >= 0.6 is 0 Å². The summed E-state index contributed by atoms with van der Waals surface area (Å²) in [5, 5.41) is 0. The fraction of sp³-hybridized carbons (Fsp3) is 0.500. The van der Waals surface area contributed by atoms with Crippen molar-refractivity contribution in [3.8, 4) is 0 Å². The lowest BCUT2D eigenvalue weighted by Crippen LogP contribution is -2.51. The molecule has 1 fully saturated rings. The first kappa shape index (κ1) is 15.9. The van der Waals surface area contributed by atoms with Crippen molar-refractivity contribution < 1.29 is 22.7 Å². The summed E-state index contributed by atoms with van der Waals surface area (Å²) in [6.45, 7) is 1.96. The van der Waals surface area contributed by atoms with E-state index in [2.05, 4.69) is 0 Å². The Morgan fingerprint density at radius 2 is 1.95 bits per heavy atom. The van der Waals surface area contributed by atoms with Gasteiger partial charge in [-0.2, -0.15) is 8.78 Å². The second-order valence-electron chi connectivity index (χ2n) is 5.38. The van der Waals surface area contributed by atoms with Crippen LogP contribution in [0.2, 0.25) is 0 Å². The van der Waals surface area contributed by atoms with E-state index in [0.29, 0.717) is 11.0 Å². The topological polar surface area (TPSA) is 29.5 Å². The Morgan fingerprint density at radius 3 is 2.43 bits per heavy atom. The maximum absolute atomic E-state index is 13.4. The van der Waals surface area contributed by atoms with Crippen LogP contribution in [-0.2, 0) is 9.53 Å². The van der Waals surface area contributed by atoms with Crippen molar-refractivity contribution >= 4 is 19.2 Å². The Kier molecular flexibility index (Phi) is 4.32. The number of carbonyl (C=O) groups excluding carboxylic acids is 1. The molecule has 0 N–H and O–H groups in total. The largest absolute Gasteiger partial charge is 0.346 e. The van der Waals surface area contributed by atoms with Gasteiger partial charge in [-0.15, -0.1) is 0 Å². The smallest absolute Gasteiger partial charge is 0.315 e. The summed E-state index contributed by atoms with van der Waals surface area (Å²) in [5.74, 6) is -1.43. The predicted octanol–water partition coefficient (Wildman–Crippen LogP) is 1.72. The van der Waals surface area contributed by atoms with Gasteiger partial charge in [-0.1, -0.05) is 29.7 Å². The van der Waals surface area contributed by atoms with Crippen molar-refractivity contribution in [2.24, 2.45) is 0 Å². The van der Waals surface area contributed by atoms with Crippen molar-refractivity contribution in [2.75, 3.05) is 6.67 Å². The summed E-state index contributed by atoms with van der Waals surface area (Å²) in [5.41, 5.74) is -0.200. The average Bonchev–Trinajstić information content (AvgIpc) is 2.69. The Bertz CT molecular complexity index is 521. The molecule has 0 unspecified atom stereocenters. The summed E-state index contributed by atoms with van der Waals surface area (Å²) in [7, 11) is 5.58. The van der Waals surface area contributed by atoms with Crippen molar-refractivity contribution in [2.45, 2.75) is 38.1 Å². The average molecular weight is 297 g/mol. The molecule has 0 aliphatic carbocycles. The molecule has 1 saturated heterocycles. The van der Waals surface area contributed by atoms with Gasteiger partial charge < -0.3 is 9.64 Å². The Labute approximate surface area is 122 Å². The number of hydrogen-bond donors (Lipinski definition) is 0. The van der Waals surface area contributed by atoms with Gasteiger partial charge >= 0.3 is 6.43 Å². The van der Waals surface area contributed by atoms with E-state index < -0.39 is 36.9 Å². The zero-order valence-corrected chi connectivity index (χ0v) is 11.7. The van der Waals surface area contributed by atoms with Crippen LogP contribution in [0.15, 0.2) is 24.3 Å². The third-order valence-electron chi connectivity index (χ3n) is 3.52. The van der Waals surface area contributed by atoms with Gasteiger partial charge in [0.25, 0.3) is 5.91 Å². The van der Waals surface area contributed by atoms with Crippen molar-refractivity contribution in [1.29, 1.82) is 0 Å². The molecular formula is C14H15BF3NO2. The van der Waals surface area contributed by atoms with E-state index >= 15 is 0 Å². The van der Waals surface area contributed by atoms with E-state index in [1.54, 1.807) is 24.3 Å². The number of ether oxygens (including phenoxy) is 1. The fourth-order valence-electron chi connectivity index (χ4n) is 2.64. The van der Waals surface area contributed by atoms with Crippen molar-refractivity contribution in [3.63, 3.8) is 0 Å². The summed E-state index contributed by atoms with van der Waals surface area (Å²) in [4.78, 5) is 12.5. The predicted molar refractivity (Wildman–Crippen MR) is 72.3 cm³/mol. The molecule has 2 radical (unpaired) electrons. The lowest BCUT2D eigenvalue weighted by atomic mass is 9.93. The van der Waals surface area contributed by atoms with E-state index in [9.17, 15) is 18.0 Å². The molecule has 1 amide bonds. The third kappa shape index (κ3) is 2.93. The molecule has 2 rings (SSSR count). The van der Waals surface area contributed by atoms with Crippen LogP contribution in [0.1, 0.15) is 25.5 Å². The minimum absolute atomic E-state index is 0.522. The molecule has 1 aromatic carbocycles. The van der Waals surface area contributed by atoms with Gasteiger partial charge in [0.1, 0.15) is 26.3 Å². The van der Waals surface area contributed by atoms with E-state index in [0.717, 1.165) is 4.90 Å². The zero-order valence-electron chi connectivity index (χ0n) is 11.7. The van der Waals surface area contributed by atoms with E-state index in [1.165, 1.54) is 13.8 Å². The van der Waals surface area contributed by atoms with Gasteiger partial charge in [-0.3, -0.25) is 4.79 Å². The van der Waals surface area contributed by atoms with Crippen LogP contribution in [0.5, 0.6) is 0 Å². The maximum Gasteiger partial charge on any atom is 0.315 e. The van der Waals surface area contributed by atoms with Crippen LogP contribution < -0.4 is 5.46 Å². The molecule has 21 heavy (non-hydrogen) atoms. The van der Waals surface area contributed by atoms with Gasteiger partial charge in [0.05, 0.1) is 6.04 Å². The first-order valence-electron chi connectivity index (χ1n) is 6.48. The number of hydrogen-bond acceptors (Lipinski definition) is 2. The molecule has 1 aromatic rings. The summed E-state index contributed by atoms with van der Waals surface area (Å²) in [6, 6.07) is 5.39. The number of amides is 1. The van der Waals surface area contributed by atoms with Gasteiger partial charge in [0.2, 0.25) is 0 Å². The molecule has 7 heteroatoms. The molecule has 1 heterocycles. The second-order valence-corrected chi connectivity index (χ2v) is 5.38. The molecule has 0 spiro atoms. The summed E-state index contributed by atoms with van der Waals surface area (Å²) < 4.78 is 44.5. The lowest BCUT2D eigenvalue weighted by Gasteiger charge is -2.32. The number of benzene rings is 1. The molecule has 2 atom stereocenters. The third-order valence-corrected chi connectivity index (χ3v) is 3.52. The molecular weight excluding hydrogens is 282 g/mol. The van der Waals surface area contributed by atoms with Gasteiger partial charge in [0, 0.05) is 0 Å². The molecule has 1 aliphatic heterocycles. The maximum atomic E-state index is 13.4. The minimum Gasteiger partial charge on any atom is -0.346 e. The lowest BCUT2D eigenvalue weighted by molar-refractivity contribution is -0.159. The highest BCUT2D eigenvalue weighted by Gasteiger charge is 2.51. The number of carbonyl (C=O) groups is 1. The van der Waals surface area contributed by atoms with Crippen LogP contribution in [0.3, 0.4) is 0 Å². The highest BCUT2D eigenvalue weighted by atomic mass is 19.3. The van der Waals surface area contributed by atoms with Gasteiger partial charge in [-0.25, -0.2) is 4.39 Å². The van der Waals surface area contributed by atoms with Crippen LogP contribution in [0.25, 0.3) is 0 Å². The zero-order chi connectivity index (χ0) is 15.8. The molecule has 3 nitrogen and oxygen atoms in total. The second kappa shape index (κ2) is 5.71. The molecule has 112 valence electrons. The fourth-order valence-corrected chi connectivity index (χ4v) is 2.64. The van der Waals surface area contributed by atoms with E-state index in [-0.39, 0.29) is 0 Å². The molecule has 0 bridgehead atoms. The monoisotopic (exact) mass is 297 g/mol. The Morgan fingerprint density at radius 1 is 1.38 bits per heavy atom. The van der Waals surface area contributed by atoms with Crippen LogP contribution in [0, 0.1) is 0 Å². The molecule has 0 aromatic heterocycles. The van der Waals surface area contributed by atoms with Gasteiger partial charge in [0.15, 0.2) is 0 Å². The Hall–Kier alpha value is -1.50. The minimum atomic E-state index is -3.20. The standard InChI is InChI=1S/C14H15BF3NO2/c1-14(2)19(13(20)12(17)18)10(7-16)11(21-14)8-3-5-9(15)6-4-8/h3-6,10-12H,7H2,1-2H3/t10-,11-/m1/s1. The van der Waals surface area contributed by atoms with E-state index in [4.69, 9.17) is 12.6 Å². The number of rotatable bonds is 3. The van der Waals surface area contributed by atoms with Crippen LogP contribution in [-0.4, -0.2) is 43.5 Å². The van der Waals surface area contributed by atoms with Crippen LogP contribution in [0.4, 0.5) is 13.2 Å². The number of nitrogens with zero attached hydrogens (tertiary/aromatic N) is 1. The van der Waals surface area contributed by atoms with Crippen molar-refractivity contribution in [1.82, 2.24) is 4.90 Å². The first-order chi connectivity index (χ1) is 9.77. The normalized spacial score (nSPS) is 24.6. The SMILES string of the molecule is [B]c1ccc([C@H]2OC(C)(C)N(C(=O)C(F)F)[C@@H]2CF)cc1. The summed E-state index contributed by atoms with van der Waals surface area (Å²) in [6.07, 6.45) is -4.01. The summed E-state index contributed by atoms with van der Waals surface area (Å²) >= 11 is 0. The quantitative estimate of drug-likeness (QED) is 0.795. The molecule has 1 aliphatic rings. The number of halogens is 3. The highest BCUT2D eigenvalue weighted by molar-refractivity contribution is 6.32.